The minimum absolute atomic E-state index is 0.0922. The molecule has 60 valence electrons. The molecular formula is C7H13Cl2N. The SMILES string of the molecule is CC(Cl)(Cl)C=NC(C)(C)C. The lowest BCUT2D eigenvalue weighted by Crippen LogP contribution is -2.15. The van der Waals surface area contributed by atoms with E-state index in [4.69, 9.17) is 23.2 Å². The lowest BCUT2D eigenvalue weighted by atomic mass is 10.1. The molecule has 0 aromatic carbocycles. The fraction of sp³-hybridized carbons (Fsp3) is 0.857. The van der Waals surface area contributed by atoms with Crippen LogP contribution in [-0.2, 0) is 0 Å². The van der Waals surface area contributed by atoms with Gasteiger partial charge in [-0.15, -0.1) is 0 Å². The normalized spacial score (nSPS) is 14.6. The van der Waals surface area contributed by atoms with Crippen LogP contribution in [0.4, 0.5) is 0 Å². The molecule has 0 heterocycles. The molecule has 0 saturated heterocycles. The predicted molar refractivity (Wildman–Crippen MR) is 48.4 cm³/mol. The van der Waals surface area contributed by atoms with E-state index in [1.54, 1.807) is 13.1 Å². The summed E-state index contributed by atoms with van der Waals surface area (Å²) in [5.74, 6) is 0. The highest BCUT2D eigenvalue weighted by atomic mass is 35.5. The second kappa shape index (κ2) is 3.10. The van der Waals surface area contributed by atoms with Gasteiger partial charge in [0, 0.05) is 6.21 Å². The number of aliphatic imine (C=N–C) groups is 1. The van der Waals surface area contributed by atoms with Gasteiger partial charge in [-0.3, -0.25) is 4.99 Å². The molecule has 0 atom stereocenters. The van der Waals surface area contributed by atoms with E-state index in [1.165, 1.54) is 0 Å². The number of alkyl halides is 2. The smallest absolute Gasteiger partial charge is 0.149 e. The van der Waals surface area contributed by atoms with Crippen LogP contribution in [0.2, 0.25) is 0 Å². The topological polar surface area (TPSA) is 12.4 Å². The van der Waals surface area contributed by atoms with E-state index < -0.39 is 4.33 Å². The Hall–Kier alpha value is 0.250. The van der Waals surface area contributed by atoms with Crippen molar-refractivity contribution in [2.75, 3.05) is 0 Å². The molecule has 3 heteroatoms. The summed E-state index contributed by atoms with van der Waals surface area (Å²) in [6, 6.07) is 0. The Labute approximate surface area is 72.4 Å². The molecule has 0 rings (SSSR count). The zero-order chi connectivity index (χ0) is 8.41. The predicted octanol–water partition coefficient (Wildman–Crippen LogP) is 3.05. The van der Waals surface area contributed by atoms with Crippen LogP contribution in [0.25, 0.3) is 0 Å². The molecule has 1 nitrogen and oxygen atoms in total. The first-order valence-electron chi connectivity index (χ1n) is 3.15. The molecule has 0 unspecified atom stereocenters. The molecule has 0 aliphatic carbocycles. The van der Waals surface area contributed by atoms with Gasteiger partial charge in [-0.05, 0) is 27.7 Å². The van der Waals surface area contributed by atoms with E-state index in [-0.39, 0.29) is 5.54 Å². The Morgan fingerprint density at radius 1 is 1.10 bits per heavy atom. The van der Waals surface area contributed by atoms with Crippen molar-refractivity contribution in [2.24, 2.45) is 4.99 Å². The molecule has 0 bridgehead atoms. The first kappa shape index (κ1) is 10.2. The van der Waals surface area contributed by atoms with Gasteiger partial charge >= 0.3 is 0 Å². The average molecular weight is 182 g/mol. The van der Waals surface area contributed by atoms with Gasteiger partial charge in [-0.2, -0.15) is 0 Å². The number of hydrogen-bond donors (Lipinski definition) is 0. The molecule has 0 aliphatic heterocycles. The summed E-state index contributed by atoms with van der Waals surface area (Å²) >= 11 is 11.3. The van der Waals surface area contributed by atoms with E-state index in [2.05, 4.69) is 4.99 Å². The molecule has 0 saturated carbocycles. The minimum atomic E-state index is -0.840. The maximum atomic E-state index is 5.66. The quantitative estimate of drug-likeness (QED) is 0.436. The van der Waals surface area contributed by atoms with E-state index in [0.29, 0.717) is 0 Å². The van der Waals surface area contributed by atoms with Crippen LogP contribution in [-0.4, -0.2) is 16.1 Å². The third-order valence-electron chi connectivity index (χ3n) is 0.679. The number of nitrogens with zero attached hydrogens (tertiary/aromatic N) is 1. The monoisotopic (exact) mass is 181 g/mol. The van der Waals surface area contributed by atoms with Crippen molar-refractivity contribution in [2.45, 2.75) is 37.6 Å². The summed E-state index contributed by atoms with van der Waals surface area (Å²) in [6.07, 6.45) is 1.55. The summed E-state index contributed by atoms with van der Waals surface area (Å²) in [5.41, 5.74) is -0.0922. The van der Waals surface area contributed by atoms with Crippen molar-refractivity contribution in [3.63, 3.8) is 0 Å². The van der Waals surface area contributed by atoms with Gasteiger partial charge in [0.1, 0.15) is 4.33 Å². The Balaban J connectivity index is 4.01. The third-order valence-corrected chi connectivity index (χ3v) is 0.874. The van der Waals surface area contributed by atoms with Crippen molar-refractivity contribution in [1.82, 2.24) is 0 Å². The van der Waals surface area contributed by atoms with Crippen molar-refractivity contribution < 1.29 is 0 Å². The maximum absolute atomic E-state index is 5.66. The van der Waals surface area contributed by atoms with Crippen molar-refractivity contribution in [3.8, 4) is 0 Å². The fourth-order valence-electron chi connectivity index (χ4n) is 0.307. The zero-order valence-electron chi connectivity index (χ0n) is 6.78. The van der Waals surface area contributed by atoms with Crippen LogP contribution in [0.1, 0.15) is 27.7 Å². The fourth-order valence-corrected chi connectivity index (χ4v) is 0.405. The highest BCUT2D eigenvalue weighted by Gasteiger charge is 2.14. The van der Waals surface area contributed by atoms with Crippen LogP contribution >= 0.6 is 23.2 Å². The molecule has 0 amide bonds. The summed E-state index contributed by atoms with van der Waals surface area (Å²) < 4.78 is -0.840. The Morgan fingerprint density at radius 3 is 1.60 bits per heavy atom. The van der Waals surface area contributed by atoms with Gasteiger partial charge in [0.05, 0.1) is 5.54 Å². The minimum Gasteiger partial charge on any atom is -0.289 e. The summed E-state index contributed by atoms with van der Waals surface area (Å²) in [5, 5.41) is 0. The molecule has 0 aromatic rings. The van der Waals surface area contributed by atoms with Gasteiger partial charge in [0.25, 0.3) is 0 Å². The molecule has 0 spiro atoms. The summed E-state index contributed by atoms with van der Waals surface area (Å²) in [4.78, 5) is 4.14. The highest BCUT2D eigenvalue weighted by Crippen LogP contribution is 2.18. The van der Waals surface area contributed by atoms with Crippen LogP contribution in [0.15, 0.2) is 4.99 Å². The van der Waals surface area contributed by atoms with Crippen LogP contribution in [0.5, 0.6) is 0 Å². The van der Waals surface area contributed by atoms with Crippen LogP contribution < -0.4 is 0 Å². The van der Waals surface area contributed by atoms with E-state index in [9.17, 15) is 0 Å². The van der Waals surface area contributed by atoms with Crippen molar-refractivity contribution in [1.29, 1.82) is 0 Å². The highest BCUT2D eigenvalue weighted by molar-refractivity contribution is 6.55. The van der Waals surface area contributed by atoms with Gasteiger partial charge in [0.2, 0.25) is 0 Å². The second-order valence-corrected chi connectivity index (χ2v) is 5.15. The summed E-state index contributed by atoms with van der Waals surface area (Å²) in [7, 11) is 0. The molecule has 0 aromatic heterocycles. The molecule has 10 heavy (non-hydrogen) atoms. The molecule has 0 fully saturated rings. The van der Waals surface area contributed by atoms with Crippen molar-refractivity contribution >= 4 is 29.4 Å². The Bertz CT molecular complexity index is 112. The third kappa shape index (κ3) is 8.25. The molecule has 0 N–H and O–H groups in total. The molecular weight excluding hydrogens is 169 g/mol. The first-order chi connectivity index (χ1) is 4.21. The van der Waals surface area contributed by atoms with E-state index in [0.717, 1.165) is 0 Å². The average Bonchev–Trinajstić information content (AvgIpc) is 1.57. The number of hydrogen-bond acceptors (Lipinski definition) is 1. The lowest BCUT2D eigenvalue weighted by Gasteiger charge is -2.13. The van der Waals surface area contributed by atoms with Crippen LogP contribution in [0.3, 0.4) is 0 Å². The van der Waals surface area contributed by atoms with Gasteiger partial charge in [-0.25, -0.2) is 0 Å². The Kier molecular flexibility index (Phi) is 3.18. The van der Waals surface area contributed by atoms with E-state index >= 15 is 0 Å². The second-order valence-electron chi connectivity index (χ2n) is 3.39. The van der Waals surface area contributed by atoms with Gasteiger partial charge < -0.3 is 0 Å². The Morgan fingerprint density at radius 2 is 1.50 bits per heavy atom. The number of rotatable bonds is 1. The largest absolute Gasteiger partial charge is 0.289 e. The zero-order valence-corrected chi connectivity index (χ0v) is 8.29. The van der Waals surface area contributed by atoms with E-state index in [1.807, 2.05) is 20.8 Å². The number of halogens is 2. The molecule has 0 aliphatic rings. The van der Waals surface area contributed by atoms with Crippen molar-refractivity contribution in [3.05, 3.63) is 0 Å². The van der Waals surface area contributed by atoms with Gasteiger partial charge in [0.15, 0.2) is 0 Å². The molecule has 0 radical (unpaired) electrons. The lowest BCUT2D eigenvalue weighted by molar-refractivity contribution is 0.584. The first-order valence-corrected chi connectivity index (χ1v) is 3.90. The standard InChI is InChI=1S/C7H13Cl2N/c1-6(2,3)10-5-7(4,8)9/h5H,1-4H3. The maximum Gasteiger partial charge on any atom is 0.149 e. The van der Waals surface area contributed by atoms with Crippen LogP contribution in [0, 0.1) is 0 Å². The summed E-state index contributed by atoms with van der Waals surface area (Å²) in [6.45, 7) is 7.65. The van der Waals surface area contributed by atoms with Gasteiger partial charge in [-0.1, -0.05) is 23.2 Å².